The first kappa shape index (κ1) is 14.9. The van der Waals surface area contributed by atoms with Crippen LogP contribution < -0.4 is 15.4 Å². The Morgan fingerprint density at radius 1 is 1.48 bits per heavy atom. The lowest BCUT2D eigenvalue weighted by Crippen LogP contribution is -2.33. The second-order valence-electron chi connectivity index (χ2n) is 4.93. The average Bonchev–Trinajstić information content (AvgIpc) is 2.98. The van der Waals surface area contributed by atoms with Gasteiger partial charge < -0.3 is 19.9 Å². The van der Waals surface area contributed by atoms with Gasteiger partial charge in [-0.2, -0.15) is 0 Å². The van der Waals surface area contributed by atoms with Gasteiger partial charge in [0, 0.05) is 37.2 Å². The van der Waals surface area contributed by atoms with Crippen LogP contribution in [0.5, 0.6) is 5.75 Å². The Balaban J connectivity index is 1.76. The minimum atomic E-state index is -0.222. The first-order chi connectivity index (χ1) is 10.2. The molecule has 0 fully saturated rings. The van der Waals surface area contributed by atoms with Crippen LogP contribution in [0.25, 0.3) is 0 Å². The SMILES string of the molecule is COc1cccc(NC(=O)NCC(C)Cn2ccnc2)c1. The van der Waals surface area contributed by atoms with Gasteiger partial charge in [-0.25, -0.2) is 9.78 Å². The maximum Gasteiger partial charge on any atom is 0.319 e. The largest absolute Gasteiger partial charge is 0.497 e. The predicted molar refractivity (Wildman–Crippen MR) is 81.4 cm³/mol. The molecule has 1 aromatic carbocycles. The Kier molecular flexibility index (Phi) is 5.20. The Hall–Kier alpha value is -2.50. The van der Waals surface area contributed by atoms with Crippen molar-refractivity contribution in [1.82, 2.24) is 14.9 Å². The molecular weight excluding hydrogens is 268 g/mol. The molecule has 0 aliphatic rings. The number of urea groups is 1. The van der Waals surface area contributed by atoms with Gasteiger partial charge in [0.05, 0.1) is 13.4 Å². The van der Waals surface area contributed by atoms with E-state index in [1.54, 1.807) is 25.7 Å². The van der Waals surface area contributed by atoms with E-state index in [1.165, 1.54) is 0 Å². The molecule has 0 saturated carbocycles. The topological polar surface area (TPSA) is 68.2 Å². The van der Waals surface area contributed by atoms with Crippen LogP contribution in [0.3, 0.4) is 0 Å². The summed E-state index contributed by atoms with van der Waals surface area (Å²) in [5, 5.41) is 5.64. The van der Waals surface area contributed by atoms with Crippen molar-refractivity contribution in [2.24, 2.45) is 5.92 Å². The fourth-order valence-electron chi connectivity index (χ4n) is 1.96. The molecule has 112 valence electrons. The minimum Gasteiger partial charge on any atom is -0.497 e. The number of aromatic nitrogens is 2. The molecule has 0 aliphatic carbocycles. The summed E-state index contributed by atoms with van der Waals surface area (Å²) in [7, 11) is 1.59. The van der Waals surface area contributed by atoms with E-state index in [0.717, 1.165) is 6.54 Å². The van der Waals surface area contributed by atoms with Crippen LogP contribution >= 0.6 is 0 Å². The van der Waals surface area contributed by atoms with E-state index in [4.69, 9.17) is 4.74 Å². The number of hydrogen-bond acceptors (Lipinski definition) is 3. The standard InChI is InChI=1S/C15H20N4O2/c1-12(10-19-7-6-16-11-19)9-17-15(20)18-13-4-3-5-14(8-13)21-2/h3-8,11-12H,9-10H2,1-2H3,(H2,17,18,20). The van der Waals surface area contributed by atoms with E-state index >= 15 is 0 Å². The Morgan fingerprint density at radius 2 is 2.33 bits per heavy atom. The highest BCUT2D eigenvalue weighted by molar-refractivity contribution is 5.89. The van der Waals surface area contributed by atoms with Crippen LogP contribution in [0.2, 0.25) is 0 Å². The highest BCUT2D eigenvalue weighted by Crippen LogP contribution is 2.16. The van der Waals surface area contributed by atoms with Crippen LogP contribution in [0, 0.1) is 5.92 Å². The van der Waals surface area contributed by atoms with Crippen LogP contribution in [0.1, 0.15) is 6.92 Å². The number of amides is 2. The van der Waals surface area contributed by atoms with Crippen LogP contribution in [-0.4, -0.2) is 29.2 Å². The third kappa shape index (κ3) is 4.83. The molecule has 2 N–H and O–H groups in total. The maximum absolute atomic E-state index is 11.8. The van der Waals surface area contributed by atoms with E-state index in [1.807, 2.05) is 29.0 Å². The molecule has 2 aromatic rings. The van der Waals surface area contributed by atoms with Gasteiger partial charge in [0.15, 0.2) is 0 Å². The van der Waals surface area contributed by atoms with Gasteiger partial charge in [-0.1, -0.05) is 13.0 Å². The molecule has 0 bridgehead atoms. The lowest BCUT2D eigenvalue weighted by atomic mass is 10.2. The first-order valence-corrected chi connectivity index (χ1v) is 6.82. The lowest BCUT2D eigenvalue weighted by Gasteiger charge is -2.14. The molecule has 0 saturated heterocycles. The molecule has 0 spiro atoms. The smallest absolute Gasteiger partial charge is 0.319 e. The first-order valence-electron chi connectivity index (χ1n) is 6.82. The zero-order chi connectivity index (χ0) is 15.1. The molecule has 2 rings (SSSR count). The quantitative estimate of drug-likeness (QED) is 0.857. The number of methoxy groups -OCH3 is 1. The van der Waals surface area contributed by atoms with Crippen LogP contribution in [0.4, 0.5) is 10.5 Å². The third-order valence-corrected chi connectivity index (χ3v) is 3.02. The number of rotatable bonds is 6. The number of benzene rings is 1. The number of anilines is 1. The molecule has 1 unspecified atom stereocenters. The van der Waals surface area contributed by atoms with Crippen molar-refractivity contribution in [3.63, 3.8) is 0 Å². The molecule has 0 aliphatic heterocycles. The second-order valence-corrected chi connectivity index (χ2v) is 4.93. The van der Waals surface area contributed by atoms with E-state index in [0.29, 0.717) is 23.9 Å². The fraction of sp³-hybridized carbons (Fsp3) is 0.333. The van der Waals surface area contributed by atoms with Crippen molar-refractivity contribution >= 4 is 11.7 Å². The Morgan fingerprint density at radius 3 is 3.05 bits per heavy atom. The summed E-state index contributed by atoms with van der Waals surface area (Å²) in [6.45, 7) is 3.49. The van der Waals surface area contributed by atoms with E-state index in [-0.39, 0.29) is 6.03 Å². The summed E-state index contributed by atoms with van der Waals surface area (Å²) in [6.07, 6.45) is 5.43. The molecule has 6 heteroatoms. The number of nitrogens with zero attached hydrogens (tertiary/aromatic N) is 2. The zero-order valence-electron chi connectivity index (χ0n) is 12.2. The third-order valence-electron chi connectivity index (χ3n) is 3.02. The molecular formula is C15H20N4O2. The normalized spacial score (nSPS) is 11.7. The predicted octanol–water partition coefficient (Wildman–Crippen LogP) is 2.35. The summed E-state index contributed by atoms with van der Waals surface area (Å²) in [6, 6.07) is 7.03. The number of carbonyl (C=O) groups excluding carboxylic acids is 1. The van der Waals surface area contributed by atoms with Crippen LogP contribution in [0.15, 0.2) is 43.0 Å². The van der Waals surface area contributed by atoms with Gasteiger partial charge in [-0.3, -0.25) is 0 Å². The summed E-state index contributed by atoms with van der Waals surface area (Å²) in [4.78, 5) is 15.8. The molecule has 21 heavy (non-hydrogen) atoms. The molecule has 1 aromatic heterocycles. The van der Waals surface area contributed by atoms with Gasteiger partial charge in [-0.05, 0) is 18.1 Å². The fourth-order valence-corrected chi connectivity index (χ4v) is 1.96. The van der Waals surface area contributed by atoms with Gasteiger partial charge in [-0.15, -0.1) is 0 Å². The monoisotopic (exact) mass is 288 g/mol. The Labute approximate surface area is 124 Å². The van der Waals surface area contributed by atoms with Crippen molar-refractivity contribution in [3.8, 4) is 5.75 Å². The second kappa shape index (κ2) is 7.33. The van der Waals surface area contributed by atoms with Gasteiger partial charge in [0.2, 0.25) is 0 Å². The van der Waals surface area contributed by atoms with Crippen molar-refractivity contribution in [2.45, 2.75) is 13.5 Å². The summed E-state index contributed by atoms with van der Waals surface area (Å²) in [5.41, 5.74) is 0.703. The van der Waals surface area contributed by atoms with Crippen molar-refractivity contribution in [2.75, 3.05) is 19.0 Å². The van der Waals surface area contributed by atoms with Gasteiger partial charge >= 0.3 is 6.03 Å². The molecule has 1 heterocycles. The van der Waals surface area contributed by atoms with E-state index < -0.39 is 0 Å². The molecule has 2 amide bonds. The summed E-state index contributed by atoms with van der Waals surface area (Å²) in [5.74, 6) is 1.02. The summed E-state index contributed by atoms with van der Waals surface area (Å²) < 4.78 is 7.11. The zero-order valence-corrected chi connectivity index (χ0v) is 12.2. The number of hydrogen-bond donors (Lipinski definition) is 2. The number of carbonyl (C=O) groups is 1. The molecule has 0 radical (unpaired) electrons. The highest BCUT2D eigenvalue weighted by atomic mass is 16.5. The number of imidazole rings is 1. The van der Waals surface area contributed by atoms with E-state index in [9.17, 15) is 4.79 Å². The lowest BCUT2D eigenvalue weighted by molar-refractivity contribution is 0.250. The number of ether oxygens (including phenoxy) is 1. The average molecular weight is 288 g/mol. The molecule has 1 atom stereocenters. The maximum atomic E-state index is 11.8. The van der Waals surface area contributed by atoms with Gasteiger partial charge in [0.25, 0.3) is 0 Å². The summed E-state index contributed by atoms with van der Waals surface area (Å²) >= 11 is 0. The van der Waals surface area contributed by atoms with Crippen molar-refractivity contribution in [3.05, 3.63) is 43.0 Å². The minimum absolute atomic E-state index is 0.222. The van der Waals surface area contributed by atoms with E-state index in [2.05, 4.69) is 22.5 Å². The van der Waals surface area contributed by atoms with Crippen molar-refractivity contribution in [1.29, 1.82) is 0 Å². The Bertz CT molecular complexity index is 569. The highest BCUT2D eigenvalue weighted by Gasteiger charge is 2.07. The van der Waals surface area contributed by atoms with Crippen LogP contribution in [-0.2, 0) is 6.54 Å². The van der Waals surface area contributed by atoms with Gasteiger partial charge in [0.1, 0.15) is 5.75 Å². The van der Waals surface area contributed by atoms with Crippen molar-refractivity contribution < 1.29 is 9.53 Å². The number of nitrogens with one attached hydrogen (secondary N) is 2. The molecule has 6 nitrogen and oxygen atoms in total.